The number of carboxylic acid groups (broad SMARTS) is 1. The number of hydrogen-bond donors (Lipinski definition) is 2. The Bertz CT molecular complexity index is 349. The van der Waals surface area contributed by atoms with Gasteiger partial charge in [-0.3, -0.25) is 4.79 Å². The van der Waals surface area contributed by atoms with Crippen LogP contribution in [0.3, 0.4) is 0 Å². The van der Waals surface area contributed by atoms with Gasteiger partial charge in [0, 0.05) is 6.04 Å². The van der Waals surface area contributed by atoms with Crippen LogP contribution in [0.4, 0.5) is 0 Å². The van der Waals surface area contributed by atoms with Gasteiger partial charge < -0.3 is 10.4 Å². The summed E-state index contributed by atoms with van der Waals surface area (Å²) in [7, 11) is 0. The summed E-state index contributed by atoms with van der Waals surface area (Å²) in [5.41, 5.74) is 2.60. The number of carboxylic acids is 1. The van der Waals surface area contributed by atoms with E-state index in [0.717, 1.165) is 12.8 Å². The standard InChI is InChI=1S/C11H13NO2/c13-11(14)7-12-10-6-5-8-3-1-2-4-9(8)10/h1-4,10,12H,5-7H2,(H,13,14). The minimum atomic E-state index is -0.797. The van der Waals surface area contributed by atoms with Crippen molar-refractivity contribution in [2.24, 2.45) is 0 Å². The van der Waals surface area contributed by atoms with Crippen molar-refractivity contribution in [3.63, 3.8) is 0 Å². The van der Waals surface area contributed by atoms with E-state index in [2.05, 4.69) is 17.4 Å². The molecule has 0 bridgehead atoms. The molecule has 0 spiro atoms. The number of nitrogens with one attached hydrogen (secondary N) is 1. The number of aryl methyl sites for hydroxylation is 1. The Kier molecular flexibility index (Phi) is 2.50. The Morgan fingerprint density at radius 2 is 2.29 bits per heavy atom. The summed E-state index contributed by atoms with van der Waals surface area (Å²) in [5, 5.41) is 11.6. The molecule has 1 aromatic rings. The molecule has 1 atom stereocenters. The minimum Gasteiger partial charge on any atom is -0.480 e. The molecule has 1 unspecified atom stereocenters. The maximum Gasteiger partial charge on any atom is 0.317 e. The molecule has 0 heterocycles. The van der Waals surface area contributed by atoms with Gasteiger partial charge in [-0.1, -0.05) is 24.3 Å². The van der Waals surface area contributed by atoms with Crippen molar-refractivity contribution in [2.75, 3.05) is 6.54 Å². The van der Waals surface area contributed by atoms with Crippen molar-refractivity contribution in [3.05, 3.63) is 35.4 Å². The van der Waals surface area contributed by atoms with Crippen LogP contribution >= 0.6 is 0 Å². The fourth-order valence-corrected chi connectivity index (χ4v) is 1.98. The monoisotopic (exact) mass is 191 g/mol. The van der Waals surface area contributed by atoms with E-state index < -0.39 is 5.97 Å². The number of benzene rings is 1. The number of fused-ring (bicyclic) bond motifs is 1. The minimum absolute atomic E-state index is 0.0407. The summed E-state index contributed by atoms with van der Waals surface area (Å²) in [6.07, 6.45) is 2.06. The highest BCUT2D eigenvalue weighted by Crippen LogP contribution is 2.30. The smallest absolute Gasteiger partial charge is 0.317 e. The molecule has 74 valence electrons. The number of carbonyl (C=O) groups is 1. The Morgan fingerprint density at radius 3 is 3.07 bits per heavy atom. The van der Waals surface area contributed by atoms with Gasteiger partial charge in [-0.2, -0.15) is 0 Å². The number of hydrogen-bond acceptors (Lipinski definition) is 2. The summed E-state index contributed by atoms with van der Waals surface area (Å²) in [6.45, 7) is 0.0407. The Hall–Kier alpha value is -1.35. The molecule has 2 rings (SSSR count). The lowest BCUT2D eigenvalue weighted by Crippen LogP contribution is -2.25. The van der Waals surface area contributed by atoms with Crippen molar-refractivity contribution in [3.8, 4) is 0 Å². The van der Waals surface area contributed by atoms with Gasteiger partial charge in [-0.15, -0.1) is 0 Å². The van der Waals surface area contributed by atoms with Gasteiger partial charge in [0.15, 0.2) is 0 Å². The molecule has 14 heavy (non-hydrogen) atoms. The zero-order valence-electron chi connectivity index (χ0n) is 7.86. The molecule has 1 aromatic carbocycles. The maximum atomic E-state index is 10.4. The lowest BCUT2D eigenvalue weighted by molar-refractivity contribution is -0.136. The summed E-state index contributed by atoms with van der Waals surface area (Å²) in [4.78, 5) is 10.4. The van der Waals surface area contributed by atoms with Crippen LogP contribution in [0.5, 0.6) is 0 Å². The highest BCUT2D eigenvalue weighted by atomic mass is 16.4. The zero-order valence-corrected chi connectivity index (χ0v) is 7.86. The lowest BCUT2D eigenvalue weighted by Gasteiger charge is -2.11. The molecule has 1 aliphatic carbocycles. The first-order valence-electron chi connectivity index (χ1n) is 4.80. The van der Waals surface area contributed by atoms with Crippen LogP contribution in [-0.2, 0) is 11.2 Å². The van der Waals surface area contributed by atoms with E-state index in [-0.39, 0.29) is 12.6 Å². The van der Waals surface area contributed by atoms with E-state index >= 15 is 0 Å². The average Bonchev–Trinajstić information content (AvgIpc) is 2.58. The normalized spacial score (nSPS) is 19.3. The highest BCUT2D eigenvalue weighted by molar-refractivity contribution is 5.69. The zero-order chi connectivity index (χ0) is 9.97. The number of aliphatic carboxylic acids is 1. The first-order chi connectivity index (χ1) is 6.77. The van der Waals surface area contributed by atoms with Crippen molar-refractivity contribution in [1.82, 2.24) is 5.32 Å². The molecule has 0 amide bonds. The topological polar surface area (TPSA) is 49.3 Å². The van der Waals surface area contributed by atoms with Gasteiger partial charge in [-0.05, 0) is 24.0 Å². The average molecular weight is 191 g/mol. The van der Waals surface area contributed by atoms with E-state index in [1.165, 1.54) is 11.1 Å². The van der Waals surface area contributed by atoms with Crippen LogP contribution in [0.1, 0.15) is 23.6 Å². The SMILES string of the molecule is O=C(O)CNC1CCc2ccccc21. The molecule has 1 aliphatic rings. The van der Waals surface area contributed by atoms with E-state index in [1.54, 1.807) is 0 Å². The number of rotatable bonds is 3. The molecule has 0 fully saturated rings. The predicted octanol–water partition coefficient (Wildman–Crippen LogP) is 1.35. The van der Waals surface area contributed by atoms with Gasteiger partial charge in [-0.25, -0.2) is 0 Å². The van der Waals surface area contributed by atoms with Gasteiger partial charge >= 0.3 is 5.97 Å². The maximum absolute atomic E-state index is 10.4. The summed E-state index contributed by atoms with van der Waals surface area (Å²) >= 11 is 0. The fraction of sp³-hybridized carbons (Fsp3) is 0.364. The third kappa shape index (κ3) is 1.77. The van der Waals surface area contributed by atoms with Crippen LogP contribution in [0.2, 0.25) is 0 Å². The Morgan fingerprint density at radius 1 is 1.50 bits per heavy atom. The van der Waals surface area contributed by atoms with Gasteiger partial charge in [0.05, 0.1) is 6.54 Å². The largest absolute Gasteiger partial charge is 0.480 e. The van der Waals surface area contributed by atoms with E-state index in [1.807, 2.05) is 12.1 Å². The lowest BCUT2D eigenvalue weighted by atomic mass is 10.1. The van der Waals surface area contributed by atoms with Gasteiger partial charge in [0.2, 0.25) is 0 Å². The van der Waals surface area contributed by atoms with Crippen molar-refractivity contribution >= 4 is 5.97 Å². The van der Waals surface area contributed by atoms with Crippen molar-refractivity contribution < 1.29 is 9.90 Å². The first kappa shape index (κ1) is 9.21. The molecular formula is C11H13NO2. The van der Waals surface area contributed by atoms with Crippen LogP contribution < -0.4 is 5.32 Å². The van der Waals surface area contributed by atoms with Crippen molar-refractivity contribution in [2.45, 2.75) is 18.9 Å². The molecule has 3 nitrogen and oxygen atoms in total. The van der Waals surface area contributed by atoms with Crippen LogP contribution in [-0.4, -0.2) is 17.6 Å². The van der Waals surface area contributed by atoms with Crippen LogP contribution in [0, 0.1) is 0 Å². The summed E-state index contributed by atoms with van der Waals surface area (Å²) in [5.74, 6) is -0.797. The molecule has 0 aromatic heterocycles. The third-order valence-corrected chi connectivity index (χ3v) is 2.63. The molecular weight excluding hydrogens is 178 g/mol. The molecule has 2 N–H and O–H groups in total. The quantitative estimate of drug-likeness (QED) is 0.758. The third-order valence-electron chi connectivity index (χ3n) is 2.63. The Labute approximate surface area is 82.8 Å². The van der Waals surface area contributed by atoms with E-state index in [0.29, 0.717) is 0 Å². The van der Waals surface area contributed by atoms with Gasteiger partial charge in [0.25, 0.3) is 0 Å². The van der Waals surface area contributed by atoms with Crippen LogP contribution in [0.25, 0.3) is 0 Å². The van der Waals surface area contributed by atoms with E-state index in [9.17, 15) is 4.79 Å². The second-order valence-corrected chi connectivity index (χ2v) is 3.56. The molecule has 3 heteroatoms. The Balaban J connectivity index is 2.07. The van der Waals surface area contributed by atoms with E-state index in [4.69, 9.17) is 5.11 Å². The molecule has 0 aliphatic heterocycles. The van der Waals surface area contributed by atoms with Crippen molar-refractivity contribution in [1.29, 1.82) is 0 Å². The highest BCUT2D eigenvalue weighted by Gasteiger charge is 2.21. The molecule has 0 saturated heterocycles. The predicted molar refractivity (Wildman–Crippen MR) is 53.1 cm³/mol. The molecule has 0 saturated carbocycles. The summed E-state index contributed by atoms with van der Waals surface area (Å²) in [6, 6.07) is 8.43. The molecule has 0 radical (unpaired) electrons. The van der Waals surface area contributed by atoms with Gasteiger partial charge in [0.1, 0.15) is 0 Å². The summed E-state index contributed by atoms with van der Waals surface area (Å²) < 4.78 is 0. The second kappa shape index (κ2) is 3.80. The second-order valence-electron chi connectivity index (χ2n) is 3.56. The van der Waals surface area contributed by atoms with Crippen LogP contribution in [0.15, 0.2) is 24.3 Å². The fourth-order valence-electron chi connectivity index (χ4n) is 1.98. The first-order valence-corrected chi connectivity index (χ1v) is 4.80.